The number of piperazine rings is 1. The van der Waals surface area contributed by atoms with Gasteiger partial charge in [-0.2, -0.15) is 9.97 Å². The second-order valence-electron chi connectivity index (χ2n) is 13.5. The van der Waals surface area contributed by atoms with Crippen molar-refractivity contribution in [2.24, 2.45) is 0 Å². The number of nitrogens with zero attached hydrogens (tertiary/aromatic N) is 5. The van der Waals surface area contributed by atoms with Crippen molar-refractivity contribution in [3.63, 3.8) is 0 Å². The van der Waals surface area contributed by atoms with E-state index in [2.05, 4.69) is 38.9 Å². The lowest BCUT2D eigenvalue weighted by Crippen LogP contribution is -2.51. The standard InChI is InChI=1S/C34H38F2N6O2/c1-19(2)25-6-3-5-20-11-24(43)12-26(28(20)25)30-29(36)31-27(14-37-30)32(41-16-22-7-8-23(17-41)38-22)40-33(39-31)44-18-34-9-4-10-42(34)15-21(35)13-34/h3,5-6,11-12,14,19,21-23,38,43H,4,7-10,13,15-18H2,1-2H3/t21-,22?,23?,34+/m1/s1. The number of nitrogens with one attached hydrogen (secondary N) is 1. The quantitative estimate of drug-likeness (QED) is 0.291. The molecule has 2 N–H and O–H groups in total. The van der Waals surface area contributed by atoms with Crippen LogP contribution in [0.2, 0.25) is 0 Å². The van der Waals surface area contributed by atoms with Gasteiger partial charge in [0.2, 0.25) is 0 Å². The van der Waals surface area contributed by atoms with Crippen molar-refractivity contribution in [1.29, 1.82) is 0 Å². The van der Waals surface area contributed by atoms with Crippen molar-refractivity contribution < 1.29 is 18.6 Å². The minimum atomic E-state index is -0.873. The minimum absolute atomic E-state index is 0.0431. The Morgan fingerprint density at radius 2 is 1.95 bits per heavy atom. The monoisotopic (exact) mass is 600 g/mol. The molecule has 8 nitrogen and oxygen atoms in total. The molecule has 230 valence electrons. The molecule has 4 fully saturated rings. The zero-order valence-corrected chi connectivity index (χ0v) is 25.2. The Bertz CT molecular complexity index is 1760. The highest BCUT2D eigenvalue weighted by molar-refractivity contribution is 6.02. The van der Waals surface area contributed by atoms with E-state index < -0.39 is 12.0 Å². The first-order chi connectivity index (χ1) is 21.3. The number of phenols is 1. The second kappa shape index (κ2) is 10.5. The van der Waals surface area contributed by atoms with Gasteiger partial charge in [-0.05, 0) is 66.6 Å². The SMILES string of the molecule is CC(C)c1cccc2cc(O)cc(-c3ncc4c(N5CC6CCC(C5)N6)nc(OC[C@@]56CCCN5C[C@H](F)C6)nc4c3F)c12. The van der Waals surface area contributed by atoms with E-state index >= 15 is 4.39 Å². The molecule has 0 radical (unpaired) electrons. The highest BCUT2D eigenvalue weighted by Crippen LogP contribution is 2.42. The normalized spacial score (nSPS) is 26.8. The summed E-state index contributed by atoms with van der Waals surface area (Å²) in [6, 6.07) is 9.99. The van der Waals surface area contributed by atoms with E-state index in [0.29, 0.717) is 41.8 Å². The Labute approximate surface area is 255 Å². The molecule has 2 aromatic carbocycles. The lowest BCUT2D eigenvalue weighted by molar-refractivity contribution is 0.107. The third kappa shape index (κ3) is 4.56. The van der Waals surface area contributed by atoms with E-state index in [0.717, 1.165) is 61.7 Å². The van der Waals surface area contributed by atoms with Crippen LogP contribution in [0.25, 0.3) is 32.9 Å². The molecule has 2 unspecified atom stereocenters. The predicted octanol–water partition coefficient (Wildman–Crippen LogP) is 5.71. The number of phenolic OH excluding ortho intramolecular Hbond substituents is 1. The van der Waals surface area contributed by atoms with Crippen LogP contribution < -0.4 is 15.0 Å². The van der Waals surface area contributed by atoms with Gasteiger partial charge in [0.15, 0.2) is 5.82 Å². The summed E-state index contributed by atoms with van der Waals surface area (Å²) < 4.78 is 37.6. The third-order valence-electron chi connectivity index (χ3n) is 10.3. The topological polar surface area (TPSA) is 86.6 Å². The molecule has 4 atom stereocenters. The molecule has 4 saturated heterocycles. The lowest BCUT2D eigenvalue weighted by atomic mass is 9.91. The third-order valence-corrected chi connectivity index (χ3v) is 10.3. The number of halogens is 2. The second-order valence-corrected chi connectivity index (χ2v) is 13.5. The number of hydrogen-bond acceptors (Lipinski definition) is 8. The van der Waals surface area contributed by atoms with Crippen molar-refractivity contribution in [1.82, 2.24) is 25.2 Å². The van der Waals surface area contributed by atoms with Crippen LogP contribution in [0, 0.1) is 5.82 Å². The summed E-state index contributed by atoms with van der Waals surface area (Å²) in [4.78, 5) is 18.6. The molecule has 44 heavy (non-hydrogen) atoms. The predicted molar refractivity (Wildman–Crippen MR) is 167 cm³/mol. The molecule has 4 aliphatic rings. The van der Waals surface area contributed by atoms with Crippen LogP contribution in [0.3, 0.4) is 0 Å². The Morgan fingerprint density at radius 1 is 1.14 bits per heavy atom. The summed E-state index contributed by atoms with van der Waals surface area (Å²) in [5.74, 6) is 0.253. The number of aromatic hydroxyl groups is 1. The van der Waals surface area contributed by atoms with Gasteiger partial charge in [0.05, 0.1) is 10.9 Å². The van der Waals surface area contributed by atoms with Gasteiger partial charge in [-0.15, -0.1) is 0 Å². The van der Waals surface area contributed by atoms with E-state index in [-0.39, 0.29) is 41.0 Å². The molecule has 2 bridgehead atoms. The maximum absolute atomic E-state index is 16.9. The molecule has 10 heteroatoms. The van der Waals surface area contributed by atoms with Crippen molar-refractivity contribution in [2.75, 3.05) is 37.7 Å². The Balaban J connectivity index is 1.27. The summed E-state index contributed by atoms with van der Waals surface area (Å²) in [5.41, 5.74) is 1.45. The molecular formula is C34H38F2N6O2. The van der Waals surface area contributed by atoms with Crippen LogP contribution >= 0.6 is 0 Å². The van der Waals surface area contributed by atoms with Crippen molar-refractivity contribution in [3.8, 4) is 23.0 Å². The number of aromatic nitrogens is 3. The van der Waals surface area contributed by atoms with Crippen LogP contribution in [0.4, 0.5) is 14.6 Å². The molecule has 2 aromatic heterocycles. The zero-order valence-electron chi connectivity index (χ0n) is 25.2. The van der Waals surface area contributed by atoms with Gasteiger partial charge in [0.1, 0.15) is 35.6 Å². The molecule has 4 aliphatic heterocycles. The first-order valence-electron chi connectivity index (χ1n) is 15.9. The highest BCUT2D eigenvalue weighted by atomic mass is 19.1. The van der Waals surface area contributed by atoms with Crippen LogP contribution in [-0.4, -0.2) is 81.5 Å². The molecule has 8 rings (SSSR count). The fourth-order valence-corrected chi connectivity index (χ4v) is 8.24. The highest BCUT2D eigenvalue weighted by Gasteiger charge is 2.49. The summed E-state index contributed by atoms with van der Waals surface area (Å²) in [5, 5.41) is 16.5. The van der Waals surface area contributed by atoms with Gasteiger partial charge < -0.3 is 20.1 Å². The molecule has 0 amide bonds. The van der Waals surface area contributed by atoms with Crippen LogP contribution in [0.5, 0.6) is 11.8 Å². The number of hydrogen-bond donors (Lipinski definition) is 2. The van der Waals surface area contributed by atoms with E-state index in [9.17, 15) is 9.50 Å². The fourth-order valence-electron chi connectivity index (χ4n) is 8.24. The number of pyridine rings is 1. The smallest absolute Gasteiger partial charge is 0.319 e. The lowest BCUT2D eigenvalue weighted by Gasteiger charge is -2.34. The summed E-state index contributed by atoms with van der Waals surface area (Å²) in [6.45, 7) is 7.25. The minimum Gasteiger partial charge on any atom is -0.508 e. The average Bonchev–Trinajstić information content (AvgIpc) is 3.65. The van der Waals surface area contributed by atoms with Crippen molar-refractivity contribution in [2.45, 2.75) is 75.7 Å². The van der Waals surface area contributed by atoms with Gasteiger partial charge >= 0.3 is 6.01 Å². The van der Waals surface area contributed by atoms with E-state index in [1.807, 2.05) is 18.2 Å². The molecule has 4 aromatic rings. The summed E-state index contributed by atoms with van der Waals surface area (Å²) >= 11 is 0. The fraction of sp³-hybridized carbons (Fsp3) is 0.500. The van der Waals surface area contributed by atoms with Crippen LogP contribution in [-0.2, 0) is 0 Å². The number of fused-ring (bicyclic) bond motifs is 5. The first kappa shape index (κ1) is 27.9. The van der Waals surface area contributed by atoms with Gasteiger partial charge in [0, 0.05) is 49.9 Å². The van der Waals surface area contributed by atoms with E-state index in [4.69, 9.17) is 9.72 Å². The van der Waals surface area contributed by atoms with Gasteiger partial charge in [-0.25, -0.2) is 8.78 Å². The molecule has 0 saturated carbocycles. The molecular weight excluding hydrogens is 562 g/mol. The average molecular weight is 601 g/mol. The molecule has 0 spiro atoms. The summed E-state index contributed by atoms with van der Waals surface area (Å²) in [6.07, 6.45) is 5.27. The van der Waals surface area contributed by atoms with Crippen molar-refractivity contribution in [3.05, 3.63) is 47.9 Å². The van der Waals surface area contributed by atoms with E-state index in [1.165, 1.54) is 0 Å². The number of rotatable bonds is 6. The van der Waals surface area contributed by atoms with Crippen LogP contribution in [0.15, 0.2) is 36.5 Å². The Hall–Kier alpha value is -3.63. The number of alkyl halides is 1. The number of anilines is 1. The maximum Gasteiger partial charge on any atom is 0.319 e. The number of ether oxygens (including phenoxy) is 1. The Morgan fingerprint density at radius 3 is 2.75 bits per heavy atom. The maximum atomic E-state index is 16.9. The summed E-state index contributed by atoms with van der Waals surface area (Å²) in [7, 11) is 0. The van der Waals surface area contributed by atoms with Gasteiger partial charge in [-0.1, -0.05) is 32.0 Å². The molecule has 0 aliphatic carbocycles. The molecule has 6 heterocycles. The van der Waals surface area contributed by atoms with Gasteiger partial charge in [0.25, 0.3) is 0 Å². The van der Waals surface area contributed by atoms with E-state index in [1.54, 1.807) is 18.3 Å². The van der Waals surface area contributed by atoms with Crippen molar-refractivity contribution >= 4 is 27.5 Å². The largest absolute Gasteiger partial charge is 0.508 e. The number of benzene rings is 2. The van der Waals surface area contributed by atoms with Gasteiger partial charge in [-0.3, -0.25) is 9.88 Å². The van der Waals surface area contributed by atoms with Crippen LogP contribution in [0.1, 0.15) is 57.4 Å². The zero-order chi connectivity index (χ0) is 30.2. The first-order valence-corrected chi connectivity index (χ1v) is 15.9. The Kier molecular flexibility index (Phi) is 6.64.